The lowest BCUT2D eigenvalue weighted by atomic mass is 9.83. The number of ether oxygens (including phenoxy) is 3. The Bertz CT molecular complexity index is 648. The summed E-state index contributed by atoms with van der Waals surface area (Å²) < 4.78 is 16.0. The molecule has 0 bridgehead atoms. The van der Waals surface area contributed by atoms with E-state index in [1.54, 1.807) is 18.7 Å². The molecule has 0 saturated carbocycles. The maximum Gasteiger partial charge on any atom is 0.409 e. The molecule has 1 spiro atoms. The number of carbonyl (C=O) groups is 3. The fourth-order valence-corrected chi connectivity index (χ4v) is 3.98. The van der Waals surface area contributed by atoms with E-state index >= 15 is 0 Å². The lowest BCUT2D eigenvalue weighted by Gasteiger charge is -2.38. The number of piperidine rings is 1. The van der Waals surface area contributed by atoms with E-state index in [4.69, 9.17) is 14.2 Å². The summed E-state index contributed by atoms with van der Waals surface area (Å²) in [5, 5.41) is 2.93. The maximum atomic E-state index is 12.9. The SMILES string of the molecule is CCOC(=O)N1CCC2(CC1)OC(=O)C(C)=C2C(=O)NCCN1CCOCC1. The molecule has 3 rings (SSSR count). The standard InChI is InChI=1S/C19H29N3O6/c1-3-27-18(25)22-7-4-19(5-8-22)15(14(2)17(24)28-19)16(23)20-6-9-21-10-12-26-13-11-21/h3-13H2,1-2H3,(H,20,23). The zero-order valence-electron chi connectivity index (χ0n) is 16.6. The van der Waals surface area contributed by atoms with Gasteiger partial charge < -0.3 is 24.4 Å². The molecule has 156 valence electrons. The average Bonchev–Trinajstić information content (AvgIpc) is 2.93. The highest BCUT2D eigenvalue weighted by molar-refractivity contribution is 6.07. The molecule has 0 radical (unpaired) electrons. The summed E-state index contributed by atoms with van der Waals surface area (Å²) in [5.41, 5.74) is -0.191. The van der Waals surface area contributed by atoms with Gasteiger partial charge in [0, 0.05) is 57.7 Å². The number of morpholine rings is 1. The quantitative estimate of drug-likeness (QED) is 0.669. The molecule has 0 aromatic carbocycles. The van der Waals surface area contributed by atoms with Crippen LogP contribution in [0.3, 0.4) is 0 Å². The molecule has 0 unspecified atom stereocenters. The van der Waals surface area contributed by atoms with Gasteiger partial charge in [0.2, 0.25) is 0 Å². The molecule has 0 aromatic rings. The molecule has 2 saturated heterocycles. The minimum Gasteiger partial charge on any atom is -0.450 e. The van der Waals surface area contributed by atoms with Crippen molar-refractivity contribution in [1.29, 1.82) is 0 Å². The monoisotopic (exact) mass is 395 g/mol. The number of esters is 1. The normalized spacial score (nSPS) is 22.4. The van der Waals surface area contributed by atoms with Gasteiger partial charge in [-0.05, 0) is 13.8 Å². The predicted molar refractivity (Wildman–Crippen MR) is 99.6 cm³/mol. The Morgan fingerprint density at radius 1 is 1.18 bits per heavy atom. The van der Waals surface area contributed by atoms with Crippen LogP contribution < -0.4 is 5.32 Å². The van der Waals surface area contributed by atoms with Crippen LogP contribution >= 0.6 is 0 Å². The van der Waals surface area contributed by atoms with Crippen molar-refractivity contribution < 1.29 is 28.6 Å². The van der Waals surface area contributed by atoms with Gasteiger partial charge in [-0.3, -0.25) is 9.69 Å². The fourth-order valence-electron chi connectivity index (χ4n) is 3.98. The maximum absolute atomic E-state index is 12.9. The van der Waals surface area contributed by atoms with Gasteiger partial charge in [0.15, 0.2) is 0 Å². The lowest BCUT2D eigenvalue weighted by Crippen LogP contribution is -2.50. The minimum atomic E-state index is -0.951. The number of nitrogens with one attached hydrogen (secondary N) is 1. The lowest BCUT2D eigenvalue weighted by molar-refractivity contribution is -0.150. The summed E-state index contributed by atoms with van der Waals surface area (Å²) in [6, 6.07) is 0. The first kappa shape index (κ1) is 20.6. The second-order valence-electron chi connectivity index (χ2n) is 7.28. The number of hydrogen-bond donors (Lipinski definition) is 1. The van der Waals surface area contributed by atoms with Crippen molar-refractivity contribution in [2.24, 2.45) is 0 Å². The van der Waals surface area contributed by atoms with E-state index in [0.29, 0.717) is 63.4 Å². The largest absolute Gasteiger partial charge is 0.450 e. The van der Waals surface area contributed by atoms with Crippen molar-refractivity contribution in [1.82, 2.24) is 15.1 Å². The van der Waals surface area contributed by atoms with Crippen molar-refractivity contribution in [3.05, 3.63) is 11.1 Å². The molecule has 3 aliphatic rings. The van der Waals surface area contributed by atoms with Crippen LogP contribution in [0.15, 0.2) is 11.1 Å². The Labute approximate surface area is 164 Å². The number of carbonyl (C=O) groups excluding carboxylic acids is 3. The van der Waals surface area contributed by atoms with Crippen molar-refractivity contribution in [3.63, 3.8) is 0 Å². The molecule has 2 fully saturated rings. The smallest absolute Gasteiger partial charge is 0.409 e. The van der Waals surface area contributed by atoms with Crippen LogP contribution in [-0.4, -0.2) is 92.5 Å². The van der Waals surface area contributed by atoms with Gasteiger partial charge in [-0.1, -0.05) is 0 Å². The summed E-state index contributed by atoms with van der Waals surface area (Å²) in [7, 11) is 0. The third kappa shape index (κ3) is 4.30. The number of likely N-dealkylation sites (tertiary alicyclic amines) is 1. The number of amides is 2. The zero-order valence-corrected chi connectivity index (χ0v) is 16.6. The first-order valence-corrected chi connectivity index (χ1v) is 9.91. The Morgan fingerprint density at radius 2 is 1.86 bits per heavy atom. The second kappa shape index (κ2) is 8.91. The number of nitrogens with zero attached hydrogens (tertiary/aromatic N) is 2. The van der Waals surface area contributed by atoms with Crippen LogP contribution in [0, 0.1) is 0 Å². The molecule has 0 atom stereocenters. The van der Waals surface area contributed by atoms with Crippen molar-refractivity contribution >= 4 is 18.0 Å². The third-order valence-electron chi connectivity index (χ3n) is 5.57. The van der Waals surface area contributed by atoms with Crippen molar-refractivity contribution in [3.8, 4) is 0 Å². The minimum absolute atomic E-state index is 0.263. The molecule has 3 heterocycles. The van der Waals surface area contributed by atoms with Gasteiger partial charge in [-0.2, -0.15) is 0 Å². The molecule has 28 heavy (non-hydrogen) atoms. The molecule has 0 aliphatic carbocycles. The van der Waals surface area contributed by atoms with Gasteiger partial charge in [-0.25, -0.2) is 9.59 Å². The topological polar surface area (TPSA) is 97.4 Å². The van der Waals surface area contributed by atoms with E-state index in [-0.39, 0.29) is 12.0 Å². The summed E-state index contributed by atoms with van der Waals surface area (Å²) in [6.07, 6.45) is 0.404. The molecule has 1 N–H and O–H groups in total. The first-order chi connectivity index (χ1) is 13.5. The van der Waals surface area contributed by atoms with Crippen LogP contribution in [0.25, 0.3) is 0 Å². The van der Waals surface area contributed by atoms with E-state index < -0.39 is 11.6 Å². The van der Waals surface area contributed by atoms with Gasteiger partial charge in [0.1, 0.15) is 5.60 Å². The molecule has 9 heteroatoms. The van der Waals surface area contributed by atoms with Crippen LogP contribution in [0.4, 0.5) is 4.79 Å². The third-order valence-corrected chi connectivity index (χ3v) is 5.57. The summed E-state index contributed by atoms with van der Waals surface area (Å²) in [5.74, 6) is -0.718. The highest BCUT2D eigenvalue weighted by Gasteiger charge is 2.51. The van der Waals surface area contributed by atoms with E-state index in [0.717, 1.165) is 19.6 Å². The average molecular weight is 395 g/mol. The van der Waals surface area contributed by atoms with E-state index in [2.05, 4.69) is 10.2 Å². The van der Waals surface area contributed by atoms with E-state index in [1.807, 2.05) is 0 Å². The second-order valence-corrected chi connectivity index (χ2v) is 7.28. The Balaban J connectivity index is 1.60. The van der Waals surface area contributed by atoms with Gasteiger partial charge >= 0.3 is 12.1 Å². The number of hydrogen-bond acceptors (Lipinski definition) is 7. The summed E-state index contributed by atoms with van der Waals surface area (Å²) in [4.78, 5) is 40.8. The Hall–Kier alpha value is -2.13. The van der Waals surface area contributed by atoms with Crippen LogP contribution in [-0.2, 0) is 23.8 Å². The van der Waals surface area contributed by atoms with Crippen molar-refractivity contribution in [2.45, 2.75) is 32.3 Å². The van der Waals surface area contributed by atoms with E-state index in [9.17, 15) is 14.4 Å². The highest BCUT2D eigenvalue weighted by atomic mass is 16.6. The number of rotatable bonds is 5. The summed E-state index contributed by atoms with van der Waals surface area (Å²) in [6.45, 7) is 8.81. The molecule has 0 aromatic heterocycles. The van der Waals surface area contributed by atoms with Gasteiger partial charge in [0.05, 0.1) is 25.4 Å². The van der Waals surface area contributed by atoms with Gasteiger partial charge in [0.25, 0.3) is 5.91 Å². The molecular formula is C19H29N3O6. The van der Waals surface area contributed by atoms with Crippen LogP contribution in [0.1, 0.15) is 26.7 Å². The Kier molecular flexibility index (Phi) is 6.56. The Morgan fingerprint density at radius 3 is 2.50 bits per heavy atom. The molecular weight excluding hydrogens is 366 g/mol. The molecule has 9 nitrogen and oxygen atoms in total. The fraction of sp³-hybridized carbons (Fsp3) is 0.737. The predicted octanol–water partition coefficient (Wildman–Crippen LogP) is 0.299. The van der Waals surface area contributed by atoms with Crippen LogP contribution in [0.2, 0.25) is 0 Å². The van der Waals surface area contributed by atoms with Gasteiger partial charge in [-0.15, -0.1) is 0 Å². The molecule has 3 aliphatic heterocycles. The first-order valence-electron chi connectivity index (χ1n) is 9.91. The highest BCUT2D eigenvalue weighted by Crippen LogP contribution is 2.41. The van der Waals surface area contributed by atoms with Crippen LogP contribution in [0.5, 0.6) is 0 Å². The zero-order chi connectivity index (χ0) is 20.1. The van der Waals surface area contributed by atoms with Crippen molar-refractivity contribution in [2.75, 3.05) is 59.1 Å². The van der Waals surface area contributed by atoms with E-state index in [1.165, 1.54) is 0 Å². The molecule has 2 amide bonds. The summed E-state index contributed by atoms with van der Waals surface area (Å²) >= 11 is 0.